The molecule has 1 heterocycles. The van der Waals surface area contributed by atoms with Crippen molar-refractivity contribution in [2.75, 3.05) is 0 Å². The maximum atomic E-state index is 11.5. The van der Waals surface area contributed by atoms with Gasteiger partial charge in [0.2, 0.25) is 5.52 Å². The van der Waals surface area contributed by atoms with E-state index in [4.69, 9.17) is 0 Å². The number of aromatic nitrogens is 1. The van der Waals surface area contributed by atoms with Crippen molar-refractivity contribution in [3.8, 4) is 0 Å². The normalized spacial score (nSPS) is 10.6. The van der Waals surface area contributed by atoms with Crippen LogP contribution in [-0.4, -0.2) is 0 Å². The van der Waals surface area contributed by atoms with Crippen molar-refractivity contribution in [2.24, 2.45) is 0 Å². The number of hydrogen-bond acceptors (Lipinski definition) is 1. The van der Waals surface area contributed by atoms with Gasteiger partial charge in [-0.05, 0) is 25.5 Å². The zero-order valence-corrected chi connectivity index (χ0v) is 7.74. The summed E-state index contributed by atoms with van der Waals surface area (Å²) >= 11 is 0. The van der Waals surface area contributed by atoms with Crippen molar-refractivity contribution in [2.45, 2.75) is 13.8 Å². The van der Waals surface area contributed by atoms with Crippen molar-refractivity contribution in [3.05, 3.63) is 46.8 Å². The predicted octanol–water partition coefficient (Wildman–Crippen LogP) is 2.09. The predicted molar refractivity (Wildman–Crippen MR) is 52.4 cm³/mol. The van der Waals surface area contributed by atoms with E-state index in [0.717, 1.165) is 26.8 Å². The average Bonchev–Trinajstić information content (AvgIpc) is 2.12. The Balaban J connectivity index is 3.00. The molecule has 0 aliphatic carbocycles. The average molecular weight is 173 g/mol. The second-order valence-corrected chi connectivity index (χ2v) is 3.30. The molecular weight excluding hydrogens is 162 g/mol. The van der Waals surface area contributed by atoms with E-state index in [0.29, 0.717) is 0 Å². The van der Waals surface area contributed by atoms with Crippen molar-refractivity contribution in [1.82, 2.24) is 0 Å². The van der Waals surface area contributed by atoms with Crippen LogP contribution in [0.5, 0.6) is 0 Å². The SMILES string of the molecule is Cc1cc[n+]([O-])c2c(C)cccc12. The van der Waals surface area contributed by atoms with Crippen LogP contribution in [0, 0.1) is 19.1 Å². The molecule has 1 aromatic carbocycles. The van der Waals surface area contributed by atoms with Crippen molar-refractivity contribution in [3.63, 3.8) is 0 Å². The highest BCUT2D eigenvalue weighted by Crippen LogP contribution is 2.17. The molecule has 0 radical (unpaired) electrons. The standard InChI is InChI=1S/C11H11NO/c1-8-6-7-12(13)11-9(2)4-3-5-10(8)11/h3-7H,1-2H3. The van der Waals surface area contributed by atoms with Gasteiger partial charge in [0.15, 0.2) is 6.20 Å². The quantitative estimate of drug-likeness (QED) is 0.442. The Morgan fingerprint density at radius 1 is 1.08 bits per heavy atom. The van der Waals surface area contributed by atoms with E-state index in [-0.39, 0.29) is 0 Å². The summed E-state index contributed by atoms with van der Waals surface area (Å²) in [6, 6.07) is 7.75. The van der Waals surface area contributed by atoms with Gasteiger partial charge >= 0.3 is 0 Å². The lowest BCUT2D eigenvalue weighted by atomic mass is 10.1. The van der Waals surface area contributed by atoms with Crippen LogP contribution in [0.2, 0.25) is 0 Å². The largest absolute Gasteiger partial charge is 0.618 e. The second kappa shape index (κ2) is 2.73. The van der Waals surface area contributed by atoms with Gasteiger partial charge in [-0.2, -0.15) is 4.73 Å². The third-order valence-corrected chi connectivity index (χ3v) is 2.34. The number of aryl methyl sites for hydroxylation is 2. The number of para-hydroxylation sites is 1. The molecule has 0 aliphatic rings. The number of benzene rings is 1. The lowest BCUT2D eigenvalue weighted by Crippen LogP contribution is -2.27. The minimum atomic E-state index is 0.780. The number of nitrogens with zero attached hydrogens (tertiary/aromatic N) is 1. The Bertz CT molecular complexity index is 455. The van der Waals surface area contributed by atoms with Gasteiger partial charge in [-0.3, -0.25) is 0 Å². The van der Waals surface area contributed by atoms with Crippen LogP contribution in [0.3, 0.4) is 0 Å². The molecule has 0 bridgehead atoms. The molecule has 0 spiro atoms. The molecule has 13 heavy (non-hydrogen) atoms. The van der Waals surface area contributed by atoms with E-state index < -0.39 is 0 Å². The first-order valence-electron chi connectivity index (χ1n) is 4.28. The van der Waals surface area contributed by atoms with Crippen LogP contribution in [0.25, 0.3) is 10.9 Å². The Morgan fingerprint density at radius 2 is 1.85 bits per heavy atom. The molecule has 2 aromatic rings. The number of rotatable bonds is 0. The first-order chi connectivity index (χ1) is 6.20. The third kappa shape index (κ3) is 1.15. The minimum absolute atomic E-state index is 0.780. The van der Waals surface area contributed by atoms with Gasteiger partial charge in [0.05, 0.1) is 5.39 Å². The van der Waals surface area contributed by atoms with E-state index in [9.17, 15) is 5.21 Å². The maximum absolute atomic E-state index is 11.5. The smallest absolute Gasteiger partial charge is 0.226 e. The molecule has 66 valence electrons. The first-order valence-corrected chi connectivity index (χ1v) is 4.28. The topological polar surface area (TPSA) is 26.9 Å². The van der Waals surface area contributed by atoms with Gasteiger partial charge in [-0.1, -0.05) is 12.1 Å². The monoisotopic (exact) mass is 173 g/mol. The summed E-state index contributed by atoms with van der Waals surface area (Å²) in [6.07, 6.45) is 1.56. The minimum Gasteiger partial charge on any atom is -0.618 e. The summed E-state index contributed by atoms with van der Waals surface area (Å²) < 4.78 is 0.928. The van der Waals surface area contributed by atoms with Gasteiger partial charge in [-0.15, -0.1) is 0 Å². The summed E-state index contributed by atoms with van der Waals surface area (Å²) in [5.74, 6) is 0. The van der Waals surface area contributed by atoms with Crippen LogP contribution < -0.4 is 4.73 Å². The highest BCUT2D eigenvalue weighted by molar-refractivity contribution is 5.81. The van der Waals surface area contributed by atoms with Crippen molar-refractivity contribution in [1.29, 1.82) is 0 Å². The second-order valence-electron chi connectivity index (χ2n) is 3.30. The van der Waals surface area contributed by atoms with Crippen LogP contribution in [0.4, 0.5) is 0 Å². The summed E-state index contributed by atoms with van der Waals surface area (Å²) in [5.41, 5.74) is 2.95. The Kier molecular flexibility index (Phi) is 1.69. The molecule has 0 aliphatic heterocycles. The number of hydrogen-bond donors (Lipinski definition) is 0. The molecular formula is C11H11NO. The molecule has 2 nitrogen and oxygen atoms in total. The lowest BCUT2D eigenvalue weighted by Gasteiger charge is -2.05. The molecule has 0 saturated carbocycles. The van der Waals surface area contributed by atoms with Crippen molar-refractivity contribution >= 4 is 10.9 Å². The van der Waals surface area contributed by atoms with Gasteiger partial charge in [0.1, 0.15) is 0 Å². The van der Waals surface area contributed by atoms with Crippen molar-refractivity contribution < 1.29 is 4.73 Å². The van der Waals surface area contributed by atoms with Gasteiger partial charge in [-0.25, -0.2) is 0 Å². The van der Waals surface area contributed by atoms with Gasteiger partial charge in [0, 0.05) is 11.6 Å². The molecule has 0 N–H and O–H groups in total. The number of fused-ring (bicyclic) bond motifs is 1. The third-order valence-electron chi connectivity index (χ3n) is 2.34. The first kappa shape index (κ1) is 8.05. The fourth-order valence-corrected chi connectivity index (χ4v) is 1.61. The Labute approximate surface area is 77.0 Å². The molecule has 0 fully saturated rings. The fraction of sp³-hybridized carbons (Fsp3) is 0.182. The summed E-state index contributed by atoms with van der Waals surface area (Å²) in [7, 11) is 0. The van der Waals surface area contributed by atoms with Crippen LogP contribution >= 0.6 is 0 Å². The Hall–Kier alpha value is -1.57. The van der Waals surface area contributed by atoms with E-state index in [1.165, 1.54) is 0 Å². The van der Waals surface area contributed by atoms with E-state index in [2.05, 4.69) is 0 Å². The highest BCUT2D eigenvalue weighted by Gasteiger charge is 2.07. The summed E-state index contributed by atoms with van der Waals surface area (Å²) in [5, 5.41) is 12.5. The maximum Gasteiger partial charge on any atom is 0.226 e. The van der Waals surface area contributed by atoms with Crippen LogP contribution in [-0.2, 0) is 0 Å². The Morgan fingerprint density at radius 3 is 2.54 bits per heavy atom. The molecule has 1 aromatic heterocycles. The highest BCUT2D eigenvalue weighted by atomic mass is 16.5. The molecule has 0 amide bonds. The van der Waals surface area contributed by atoms with Crippen LogP contribution in [0.1, 0.15) is 11.1 Å². The van der Waals surface area contributed by atoms with E-state index in [1.807, 2.05) is 38.1 Å². The zero-order valence-electron chi connectivity index (χ0n) is 7.74. The molecule has 0 unspecified atom stereocenters. The van der Waals surface area contributed by atoms with Gasteiger partial charge in [0.25, 0.3) is 0 Å². The summed E-state index contributed by atoms with van der Waals surface area (Å²) in [4.78, 5) is 0. The molecule has 0 atom stereocenters. The van der Waals surface area contributed by atoms with Gasteiger partial charge < -0.3 is 5.21 Å². The fourth-order valence-electron chi connectivity index (χ4n) is 1.61. The number of pyridine rings is 1. The van der Waals surface area contributed by atoms with Crippen LogP contribution in [0.15, 0.2) is 30.5 Å². The summed E-state index contributed by atoms with van der Waals surface area (Å²) in [6.45, 7) is 3.97. The molecule has 0 saturated heterocycles. The molecule has 2 rings (SSSR count). The lowest BCUT2D eigenvalue weighted by molar-refractivity contribution is -0.577. The molecule has 2 heteroatoms. The van der Waals surface area contributed by atoms with E-state index >= 15 is 0 Å². The van der Waals surface area contributed by atoms with E-state index in [1.54, 1.807) is 6.20 Å². The zero-order chi connectivity index (χ0) is 9.42.